The molecule has 0 saturated carbocycles. The van der Waals surface area contributed by atoms with Gasteiger partial charge in [-0.1, -0.05) is 70.2 Å². The fourth-order valence-electron chi connectivity index (χ4n) is 2.43. The third-order valence-electron chi connectivity index (χ3n) is 3.57. The molecular weight excluding hydrogens is 370 g/mol. The maximum Gasteiger partial charge on any atom is 0.191 e. The van der Waals surface area contributed by atoms with Crippen molar-refractivity contribution >= 4 is 27.7 Å². The Hall–Kier alpha value is -1.59. The molecule has 23 heavy (non-hydrogen) atoms. The highest BCUT2D eigenvalue weighted by atomic mass is 79.9. The lowest BCUT2D eigenvalue weighted by Gasteiger charge is -2.07. The molecule has 0 saturated heterocycles. The number of benzene rings is 2. The van der Waals surface area contributed by atoms with Crippen LogP contribution in [0.25, 0.3) is 0 Å². The third kappa shape index (κ3) is 4.24. The Kier molecular flexibility index (Phi) is 5.51. The van der Waals surface area contributed by atoms with Crippen LogP contribution in [0.15, 0.2) is 64.2 Å². The second kappa shape index (κ2) is 7.79. The summed E-state index contributed by atoms with van der Waals surface area (Å²) in [6, 6.07) is 18.8. The Labute approximate surface area is 149 Å². The van der Waals surface area contributed by atoms with Gasteiger partial charge in [0.05, 0.1) is 0 Å². The number of rotatable bonds is 6. The first-order valence-corrected chi connectivity index (χ1v) is 9.37. The molecule has 0 spiro atoms. The molecule has 118 valence electrons. The smallest absolute Gasteiger partial charge is 0.191 e. The first kappa shape index (κ1) is 16.3. The van der Waals surface area contributed by atoms with Crippen LogP contribution in [0.3, 0.4) is 0 Å². The number of aromatic nitrogens is 3. The van der Waals surface area contributed by atoms with Crippen molar-refractivity contribution < 1.29 is 0 Å². The normalized spacial score (nSPS) is 10.9. The highest BCUT2D eigenvalue weighted by molar-refractivity contribution is 9.10. The van der Waals surface area contributed by atoms with E-state index in [0.717, 1.165) is 34.2 Å². The van der Waals surface area contributed by atoms with Crippen LogP contribution in [-0.4, -0.2) is 14.8 Å². The van der Waals surface area contributed by atoms with Gasteiger partial charge in [-0.15, -0.1) is 10.2 Å². The van der Waals surface area contributed by atoms with Crippen LogP contribution in [0.2, 0.25) is 0 Å². The molecule has 1 aromatic heterocycles. The number of nitrogens with zero attached hydrogens (tertiary/aromatic N) is 3. The van der Waals surface area contributed by atoms with Crippen LogP contribution in [0.1, 0.15) is 23.9 Å². The first-order valence-electron chi connectivity index (χ1n) is 7.59. The van der Waals surface area contributed by atoms with Gasteiger partial charge < -0.3 is 4.57 Å². The quantitative estimate of drug-likeness (QED) is 0.560. The van der Waals surface area contributed by atoms with E-state index in [2.05, 4.69) is 80.1 Å². The van der Waals surface area contributed by atoms with Gasteiger partial charge in [0.2, 0.25) is 0 Å². The van der Waals surface area contributed by atoms with E-state index < -0.39 is 0 Å². The molecule has 0 aliphatic carbocycles. The summed E-state index contributed by atoms with van der Waals surface area (Å²) in [5, 5.41) is 9.76. The van der Waals surface area contributed by atoms with Gasteiger partial charge in [0, 0.05) is 23.2 Å². The number of hydrogen-bond donors (Lipinski definition) is 0. The first-order chi connectivity index (χ1) is 11.3. The molecule has 0 atom stereocenters. The van der Waals surface area contributed by atoms with Crippen molar-refractivity contribution in [3.8, 4) is 0 Å². The van der Waals surface area contributed by atoms with E-state index in [1.54, 1.807) is 11.8 Å². The van der Waals surface area contributed by atoms with Crippen LogP contribution in [0.5, 0.6) is 0 Å². The molecule has 1 heterocycles. The molecule has 0 fully saturated rings. The standard InChI is InChI=1S/C18H18BrN3S/c1-2-22-17(12-14-7-4-3-5-8-14)20-21-18(22)23-13-15-9-6-10-16(19)11-15/h3-11H,2,12-13H2,1H3. The molecule has 0 unspecified atom stereocenters. The maximum absolute atomic E-state index is 4.39. The second-order valence-corrected chi connectivity index (χ2v) is 7.08. The summed E-state index contributed by atoms with van der Waals surface area (Å²) >= 11 is 5.25. The van der Waals surface area contributed by atoms with Crippen molar-refractivity contribution in [2.75, 3.05) is 0 Å². The average Bonchev–Trinajstić information content (AvgIpc) is 2.95. The number of thioether (sulfide) groups is 1. The van der Waals surface area contributed by atoms with Crippen LogP contribution < -0.4 is 0 Å². The van der Waals surface area contributed by atoms with Gasteiger partial charge in [-0.05, 0) is 30.2 Å². The Balaban J connectivity index is 1.73. The fraction of sp³-hybridized carbons (Fsp3) is 0.222. The minimum absolute atomic E-state index is 0.819. The van der Waals surface area contributed by atoms with Crippen molar-refractivity contribution in [3.63, 3.8) is 0 Å². The van der Waals surface area contributed by atoms with Gasteiger partial charge in [-0.25, -0.2) is 0 Å². The predicted molar refractivity (Wildman–Crippen MR) is 98.6 cm³/mol. The molecule has 3 rings (SSSR count). The summed E-state index contributed by atoms with van der Waals surface area (Å²) < 4.78 is 3.31. The van der Waals surface area contributed by atoms with Gasteiger partial charge in [0.25, 0.3) is 0 Å². The predicted octanol–water partition coefficient (Wildman–Crippen LogP) is 4.94. The van der Waals surface area contributed by atoms with Crippen molar-refractivity contribution in [1.82, 2.24) is 14.8 Å². The van der Waals surface area contributed by atoms with Crippen molar-refractivity contribution in [1.29, 1.82) is 0 Å². The van der Waals surface area contributed by atoms with Gasteiger partial charge >= 0.3 is 0 Å². The van der Waals surface area contributed by atoms with Gasteiger partial charge in [0.1, 0.15) is 5.82 Å². The second-order valence-electron chi connectivity index (χ2n) is 5.22. The lowest BCUT2D eigenvalue weighted by Crippen LogP contribution is -2.04. The van der Waals surface area contributed by atoms with E-state index >= 15 is 0 Å². The largest absolute Gasteiger partial charge is 0.306 e. The van der Waals surface area contributed by atoms with Gasteiger partial charge in [0.15, 0.2) is 5.16 Å². The zero-order chi connectivity index (χ0) is 16.1. The van der Waals surface area contributed by atoms with Crippen LogP contribution in [0.4, 0.5) is 0 Å². The monoisotopic (exact) mass is 387 g/mol. The fourth-order valence-corrected chi connectivity index (χ4v) is 3.84. The number of halogens is 1. The van der Waals surface area contributed by atoms with Gasteiger partial charge in [-0.2, -0.15) is 0 Å². The molecule has 0 bridgehead atoms. The van der Waals surface area contributed by atoms with E-state index in [-0.39, 0.29) is 0 Å². The molecule has 3 nitrogen and oxygen atoms in total. The molecule has 2 aromatic carbocycles. The third-order valence-corrected chi connectivity index (χ3v) is 5.10. The van der Waals surface area contributed by atoms with Crippen molar-refractivity contribution in [2.24, 2.45) is 0 Å². The molecule has 0 N–H and O–H groups in total. The zero-order valence-corrected chi connectivity index (χ0v) is 15.3. The van der Waals surface area contributed by atoms with E-state index in [9.17, 15) is 0 Å². The van der Waals surface area contributed by atoms with Crippen molar-refractivity contribution in [2.45, 2.75) is 30.8 Å². The topological polar surface area (TPSA) is 30.7 Å². The van der Waals surface area contributed by atoms with Crippen molar-refractivity contribution in [3.05, 3.63) is 76.0 Å². The Morgan fingerprint density at radius 2 is 1.78 bits per heavy atom. The summed E-state index contributed by atoms with van der Waals surface area (Å²) in [7, 11) is 0. The maximum atomic E-state index is 4.39. The minimum Gasteiger partial charge on any atom is -0.306 e. The lowest BCUT2D eigenvalue weighted by molar-refractivity contribution is 0.651. The SMILES string of the molecule is CCn1c(Cc2ccccc2)nnc1SCc1cccc(Br)c1. The summed E-state index contributed by atoms with van der Waals surface area (Å²) in [5.74, 6) is 1.92. The summed E-state index contributed by atoms with van der Waals surface area (Å²) in [6.07, 6.45) is 0.819. The highest BCUT2D eigenvalue weighted by Crippen LogP contribution is 2.24. The molecular formula is C18H18BrN3S. The Morgan fingerprint density at radius 3 is 2.52 bits per heavy atom. The Morgan fingerprint density at radius 1 is 1.00 bits per heavy atom. The summed E-state index contributed by atoms with van der Waals surface area (Å²) in [6.45, 7) is 3.02. The summed E-state index contributed by atoms with van der Waals surface area (Å²) in [4.78, 5) is 0. The minimum atomic E-state index is 0.819. The molecule has 0 aliphatic heterocycles. The van der Waals surface area contributed by atoms with Crippen LogP contribution >= 0.6 is 27.7 Å². The molecule has 5 heteroatoms. The van der Waals surface area contributed by atoms with E-state index in [1.165, 1.54) is 11.1 Å². The number of hydrogen-bond acceptors (Lipinski definition) is 3. The molecule has 0 radical (unpaired) electrons. The molecule has 0 amide bonds. The van der Waals surface area contributed by atoms with Crippen LogP contribution in [-0.2, 0) is 18.7 Å². The highest BCUT2D eigenvalue weighted by Gasteiger charge is 2.12. The summed E-state index contributed by atoms with van der Waals surface area (Å²) in [5.41, 5.74) is 2.54. The van der Waals surface area contributed by atoms with E-state index in [0.29, 0.717) is 0 Å². The zero-order valence-electron chi connectivity index (χ0n) is 12.9. The molecule has 3 aromatic rings. The molecule has 0 aliphatic rings. The lowest BCUT2D eigenvalue weighted by atomic mass is 10.1. The van der Waals surface area contributed by atoms with E-state index in [4.69, 9.17) is 0 Å². The average molecular weight is 388 g/mol. The Bertz CT molecular complexity index is 771. The van der Waals surface area contributed by atoms with Gasteiger partial charge in [-0.3, -0.25) is 0 Å². The van der Waals surface area contributed by atoms with E-state index in [1.807, 2.05) is 12.1 Å². The van der Waals surface area contributed by atoms with Crippen LogP contribution in [0, 0.1) is 0 Å².